The molecule has 0 fully saturated rings. The molecule has 0 saturated heterocycles. The largest absolute Gasteiger partial charge is 0.382 e. The Labute approximate surface area is 40.3 Å². The van der Waals surface area contributed by atoms with Crippen LogP contribution in [0.2, 0.25) is 0 Å². The molecule has 0 aliphatic carbocycles. The van der Waals surface area contributed by atoms with Crippen molar-refractivity contribution in [2.75, 3.05) is 0 Å². The summed E-state index contributed by atoms with van der Waals surface area (Å²) in [6.07, 6.45) is 0.225. The highest BCUT2D eigenvalue weighted by Gasteiger charge is 1.92. The molecule has 0 rings (SSSR count). The van der Waals surface area contributed by atoms with Crippen molar-refractivity contribution >= 4 is 17.8 Å². The molecule has 38 valence electrons. The van der Waals surface area contributed by atoms with E-state index < -0.39 is 11.5 Å². The fourth-order valence-electron chi connectivity index (χ4n) is 0.0635. The molecule has 4 heteroatoms. The summed E-state index contributed by atoms with van der Waals surface area (Å²) < 4.78 is 0. The third kappa shape index (κ3) is 1.64. The van der Waals surface area contributed by atoms with E-state index in [0.29, 0.717) is 0 Å². The monoisotopic (exact) mass is 99.0 g/mol. The van der Waals surface area contributed by atoms with E-state index in [9.17, 15) is 4.79 Å². The molecular formula is C3H5N3O. The van der Waals surface area contributed by atoms with Gasteiger partial charge in [0.05, 0.1) is 0 Å². The van der Waals surface area contributed by atoms with Crippen LogP contribution in [0.25, 0.3) is 0 Å². The van der Waals surface area contributed by atoms with Crippen LogP contribution in [0.3, 0.4) is 0 Å². The molecular weight excluding hydrogens is 94.1 g/mol. The van der Waals surface area contributed by atoms with E-state index >= 15 is 0 Å². The molecule has 0 aromatic rings. The first kappa shape index (κ1) is 5.81. The summed E-state index contributed by atoms with van der Waals surface area (Å²) in [7, 11) is 0. The van der Waals surface area contributed by atoms with Crippen molar-refractivity contribution in [1.82, 2.24) is 0 Å². The maximum Gasteiger partial charge on any atom is 0.171 e. The van der Waals surface area contributed by atoms with Crippen molar-refractivity contribution < 1.29 is 4.79 Å². The van der Waals surface area contributed by atoms with E-state index in [4.69, 9.17) is 10.8 Å². The van der Waals surface area contributed by atoms with E-state index in [1.165, 1.54) is 0 Å². The second-order valence-corrected chi connectivity index (χ2v) is 0.945. The normalized spacial score (nSPS) is 7.43. The quantitative estimate of drug-likeness (QED) is 0.239. The number of nitrogens with two attached hydrogens (primary N) is 1. The molecule has 0 aromatic heterocycles. The predicted molar refractivity (Wildman–Crippen MR) is 25.7 cm³/mol. The zero-order valence-corrected chi connectivity index (χ0v) is 3.56. The van der Waals surface area contributed by atoms with Gasteiger partial charge in [-0.25, -0.2) is 0 Å². The average Bonchev–Trinajstić information content (AvgIpc) is 1.65. The van der Waals surface area contributed by atoms with Crippen molar-refractivity contribution in [2.24, 2.45) is 5.73 Å². The van der Waals surface area contributed by atoms with Crippen LogP contribution in [0.15, 0.2) is 0 Å². The van der Waals surface area contributed by atoms with Crippen LogP contribution in [0.5, 0.6) is 0 Å². The number of nitrogens with one attached hydrogen (secondary N) is 2. The summed E-state index contributed by atoms with van der Waals surface area (Å²) >= 11 is 0. The van der Waals surface area contributed by atoms with Gasteiger partial charge in [-0.1, -0.05) is 0 Å². The van der Waals surface area contributed by atoms with Gasteiger partial charge in [0.2, 0.25) is 0 Å². The first-order valence-corrected chi connectivity index (χ1v) is 1.56. The summed E-state index contributed by atoms with van der Waals surface area (Å²) in [6, 6.07) is 0. The number of carbonyl (C=O) groups is 1. The van der Waals surface area contributed by atoms with Crippen LogP contribution < -0.4 is 5.73 Å². The highest BCUT2D eigenvalue weighted by Crippen LogP contribution is 1.58. The number of amidine groups is 1. The van der Waals surface area contributed by atoms with Gasteiger partial charge < -0.3 is 5.73 Å². The van der Waals surface area contributed by atoms with Crippen LogP contribution in [-0.4, -0.2) is 17.8 Å². The SMILES string of the molecule is N=C(N)C(=N)C=O. The molecule has 0 aromatic carbocycles. The Morgan fingerprint density at radius 3 is 2.00 bits per heavy atom. The second kappa shape index (κ2) is 2.07. The van der Waals surface area contributed by atoms with Crippen molar-refractivity contribution in [3.8, 4) is 0 Å². The van der Waals surface area contributed by atoms with Crippen molar-refractivity contribution in [2.45, 2.75) is 0 Å². The van der Waals surface area contributed by atoms with E-state index in [-0.39, 0.29) is 6.29 Å². The van der Waals surface area contributed by atoms with Gasteiger partial charge in [-0.2, -0.15) is 0 Å². The van der Waals surface area contributed by atoms with Crippen LogP contribution in [0.1, 0.15) is 0 Å². The molecule has 0 aliphatic rings. The molecule has 0 aliphatic heterocycles. The van der Waals surface area contributed by atoms with Crippen LogP contribution >= 0.6 is 0 Å². The Bertz CT molecular complexity index is 117. The first-order valence-electron chi connectivity index (χ1n) is 1.56. The molecule has 4 N–H and O–H groups in total. The smallest absolute Gasteiger partial charge is 0.171 e. The van der Waals surface area contributed by atoms with Gasteiger partial charge in [-0.05, 0) is 0 Å². The number of hydrogen-bond acceptors (Lipinski definition) is 3. The van der Waals surface area contributed by atoms with Crippen LogP contribution in [0.4, 0.5) is 0 Å². The molecule has 0 amide bonds. The highest BCUT2D eigenvalue weighted by atomic mass is 16.1. The molecule has 0 heterocycles. The molecule has 0 radical (unpaired) electrons. The molecule has 0 unspecified atom stereocenters. The number of carbonyl (C=O) groups excluding carboxylic acids is 1. The standard InChI is InChI=1S/C3H5N3O/c4-2(1-7)3(5)6/h1,4H,(H3,5,6). The van der Waals surface area contributed by atoms with Crippen molar-refractivity contribution in [3.63, 3.8) is 0 Å². The van der Waals surface area contributed by atoms with Gasteiger partial charge in [0.1, 0.15) is 11.5 Å². The molecule has 0 saturated carbocycles. The van der Waals surface area contributed by atoms with Gasteiger partial charge in [0, 0.05) is 0 Å². The zero-order chi connectivity index (χ0) is 5.86. The van der Waals surface area contributed by atoms with E-state index in [2.05, 4.69) is 5.73 Å². The Kier molecular flexibility index (Phi) is 1.72. The summed E-state index contributed by atoms with van der Waals surface area (Å²) in [5.41, 5.74) is 4.20. The second-order valence-electron chi connectivity index (χ2n) is 0.945. The zero-order valence-electron chi connectivity index (χ0n) is 3.56. The Hall–Kier alpha value is -1.19. The van der Waals surface area contributed by atoms with Gasteiger partial charge >= 0.3 is 0 Å². The minimum absolute atomic E-state index is 0.225. The maximum atomic E-state index is 9.50. The third-order valence-electron chi connectivity index (χ3n) is 0.408. The fourth-order valence-corrected chi connectivity index (χ4v) is 0.0635. The van der Waals surface area contributed by atoms with Crippen molar-refractivity contribution in [1.29, 1.82) is 10.8 Å². The molecule has 0 spiro atoms. The van der Waals surface area contributed by atoms with E-state index in [0.717, 1.165) is 0 Å². The predicted octanol–water partition coefficient (Wildman–Crippen LogP) is -0.859. The highest BCUT2D eigenvalue weighted by molar-refractivity contribution is 6.58. The lowest BCUT2D eigenvalue weighted by molar-refractivity contribution is -0.102. The lowest BCUT2D eigenvalue weighted by atomic mass is 10.4. The molecule has 0 atom stereocenters. The lowest BCUT2D eigenvalue weighted by Gasteiger charge is -1.83. The Morgan fingerprint density at radius 1 is 1.57 bits per heavy atom. The minimum Gasteiger partial charge on any atom is -0.382 e. The van der Waals surface area contributed by atoms with Gasteiger partial charge in [-0.15, -0.1) is 0 Å². The Balaban J connectivity index is 3.81. The fraction of sp³-hybridized carbons (Fsp3) is 0. The number of rotatable bonds is 2. The summed E-state index contributed by atoms with van der Waals surface area (Å²) in [4.78, 5) is 9.50. The number of hydrogen-bond donors (Lipinski definition) is 3. The topological polar surface area (TPSA) is 90.8 Å². The third-order valence-corrected chi connectivity index (χ3v) is 0.408. The average molecular weight is 99.1 g/mol. The van der Waals surface area contributed by atoms with Crippen molar-refractivity contribution in [3.05, 3.63) is 0 Å². The Morgan fingerprint density at radius 2 is 2.00 bits per heavy atom. The van der Waals surface area contributed by atoms with E-state index in [1.807, 2.05) is 0 Å². The van der Waals surface area contributed by atoms with Gasteiger partial charge in [0.15, 0.2) is 6.29 Å². The molecule has 0 bridgehead atoms. The van der Waals surface area contributed by atoms with E-state index in [1.54, 1.807) is 0 Å². The molecule has 4 nitrogen and oxygen atoms in total. The van der Waals surface area contributed by atoms with Crippen LogP contribution in [0, 0.1) is 10.8 Å². The molecule has 7 heavy (non-hydrogen) atoms. The summed E-state index contributed by atoms with van der Waals surface area (Å²) in [6.45, 7) is 0. The summed E-state index contributed by atoms with van der Waals surface area (Å²) in [5.74, 6) is -0.491. The first-order chi connectivity index (χ1) is 3.18. The number of aldehydes is 1. The lowest BCUT2D eigenvalue weighted by Crippen LogP contribution is -2.21. The van der Waals surface area contributed by atoms with Gasteiger partial charge in [0.25, 0.3) is 0 Å². The van der Waals surface area contributed by atoms with Crippen LogP contribution in [-0.2, 0) is 4.79 Å². The van der Waals surface area contributed by atoms with Gasteiger partial charge in [-0.3, -0.25) is 15.6 Å². The maximum absolute atomic E-state index is 9.50. The summed E-state index contributed by atoms with van der Waals surface area (Å²) in [5, 5.41) is 12.9. The minimum atomic E-state index is -0.491.